The van der Waals surface area contributed by atoms with Crippen LogP contribution in [0, 0.1) is 24.7 Å². The van der Waals surface area contributed by atoms with E-state index >= 15 is 0 Å². The van der Waals surface area contributed by atoms with Gasteiger partial charge in [0.2, 0.25) is 11.8 Å². The van der Waals surface area contributed by atoms with Crippen LogP contribution in [0.5, 0.6) is 0 Å². The van der Waals surface area contributed by atoms with Crippen LogP contribution in [0.4, 0.5) is 5.69 Å². The van der Waals surface area contributed by atoms with Crippen LogP contribution in [0.15, 0.2) is 78.9 Å². The molecule has 7 heteroatoms. The number of ether oxygens (including phenoxy) is 1. The second kappa shape index (κ2) is 10.7. The molecule has 1 aromatic heterocycles. The highest BCUT2D eigenvalue weighted by Gasteiger charge is 2.49. The molecule has 0 unspecified atom stereocenters. The van der Waals surface area contributed by atoms with Crippen molar-refractivity contribution in [2.24, 2.45) is 17.8 Å². The monoisotopic (exact) mass is 546 g/mol. The minimum atomic E-state index is -0.616. The van der Waals surface area contributed by atoms with Crippen molar-refractivity contribution >= 4 is 40.2 Å². The molecule has 2 fully saturated rings. The van der Waals surface area contributed by atoms with Crippen molar-refractivity contribution in [1.29, 1.82) is 0 Å². The van der Waals surface area contributed by atoms with Crippen molar-refractivity contribution in [3.8, 4) is 11.3 Å². The third-order valence-corrected chi connectivity index (χ3v) is 8.22. The fourth-order valence-electron chi connectivity index (χ4n) is 6.00. The summed E-state index contributed by atoms with van der Waals surface area (Å²) in [5, 5.41) is 0.632. The Labute approximate surface area is 238 Å². The van der Waals surface area contributed by atoms with Gasteiger partial charge in [0.25, 0.3) is 0 Å². The van der Waals surface area contributed by atoms with Gasteiger partial charge in [-0.25, -0.2) is 9.78 Å². The summed E-state index contributed by atoms with van der Waals surface area (Å²) in [6.07, 6.45) is 2.47. The molecule has 7 nitrogen and oxygen atoms in total. The Bertz CT molecular complexity index is 1680. The minimum Gasteiger partial charge on any atom is -0.454 e. The number of hydrogen-bond acceptors (Lipinski definition) is 6. The van der Waals surface area contributed by atoms with E-state index in [1.165, 1.54) is 4.90 Å². The number of hydrogen-bond donors (Lipinski definition) is 0. The van der Waals surface area contributed by atoms with Crippen molar-refractivity contribution in [2.75, 3.05) is 11.5 Å². The zero-order chi connectivity index (χ0) is 28.7. The highest BCUT2D eigenvalue weighted by molar-refractivity contribution is 6.22. The van der Waals surface area contributed by atoms with Crippen molar-refractivity contribution in [3.05, 3.63) is 95.6 Å². The van der Waals surface area contributed by atoms with Crippen LogP contribution in [0.3, 0.4) is 0 Å². The molecular weight excluding hydrogens is 516 g/mol. The number of nitrogens with zero attached hydrogens (tertiary/aromatic N) is 2. The maximum atomic E-state index is 13.3. The number of benzene rings is 3. The Morgan fingerprint density at radius 2 is 1.63 bits per heavy atom. The molecule has 0 bridgehead atoms. The number of aromatic nitrogens is 1. The number of imide groups is 1. The van der Waals surface area contributed by atoms with Crippen LogP contribution in [0.1, 0.15) is 52.5 Å². The maximum absolute atomic E-state index is 13.3. The van der Waals surface area contributed by atoms with Crippen LogP contribution in [0.25, 0.3) is 22.2 Å². The summed E-state index contributed by atoms with van der Waals surface area (Å²) in [6.45, 7) is 3.69. The lowest BCUT2D eigenvalue weighted by Crippen LogP contribution is -2.30. The molecule has 2 amide bonds. The Balaban J connectivity index is 1.28. The lowest BCUT2D eigenvalue weighted by atomic mass is 9.76. The number of rotatable bonds is 6. The van der Waals surface area contributed by atoms with E-state index in [0.717, 1.165) is 30.4 Å². The SMILES string of the molecule is Cc1ccc2nc(-c3ccc(N4C(=O)[C@@H]5CC[C@H](C)C[C@H]5C4=O)cc3)cc(C(=O)OCC(=O)c3ccccc3)c2c1. The van der Waals surface area contributed by atoms with Crippen LogP contribution in [-0.4, -0.2) is 35.2 Å². The van der Waals surface area contributed by atoms with Crippen LogP contribution < -0.4 is 4.90 Å². The molecule has 6 rings (SSSR count). The molecule has 0 spiro atoms. The normalized spacial score (nSPS) is 20.2. The Morgan fingerprint density at radius 1 is 0.902 bits per heavy atom. The van der Waals surface area contributed by atoms with Gasteiger partial charge in [0.1, 0.15) is 0 Å². The van der Waals surface area contributed by atoms with Crippen molar-refractivity contribution in [2.45, 2.75) is 33.1 Å². The third kappa shape index (κ3) is 5.04. The number of anilines is 1. The molecule has 4 aromatic rings. The number of Topliss-reactive ketones (excluding diaryl/α,β-unsaturated/α-hetero) is 1. The largest absolute Gasteiger partial charge is 0.454 e. The predicted octanol–water partition coefficient (Wildman–Crippen LogP) is 6.18. The van der Waals surface area contributed by atoms with Gasteiger partial charge in [0.15, 0.2) is 12.4 Å². The molecule has 41 heavy (non-hydrogen) atoms. The zero-order valence-corrected chi connectivity index (χ0v) is 23.0. The minimum absolute atomic E-state index is 0.117. The molecule has 206 valence electrons. The van der Waals surface area contributed by atoms with Crippen LogP contribution >= 0.6 is 0 Å². The summed E-state index contributed by atoms with van der Waals surface area (Å²) in [6, 6.07) is 23.1. The maximum Gasteiger partial charge on any atom is 0.339 e. The molecule has 3 atom stereocenters. The molecule has 1 saturated carbocycles. The van der Waals surface area contributed by atoms with Crippen LogP contribution in [0.2, 0.25) is 0 Å². The fourth-order valence-corrected chi connectivity index (χ4v) is 6.00. The molecule has 2 heterocycles. The van der Waals surface area contributed by atoms with E-state index in [-0.39, 0.29) is 36.0 Å². The van der Waals surface area contributed by atoms with Crippen molar-refractivity contribution in [3.63, 3.8) is 0 Å². The van der Waals surface area contributed by atoms with Gasteiger partial charge in [-0.2, -0.15) is 0 Å². The summed E-state index contributed by atoms with van der Waals surface area (Å²) >= 11 is 0. The Kier molecular flexibility index (Phi) is 6.95. The predicted molar refractivity (Wildman–Crippen MR) is 155 cm³/mol. The lowest BCUT2D eigenvalue weighted by molar-refractivity contribution is -0.122. The standard InChI is InChI=1S/C34H30N2O5/c1-20-8-14-25-27(17-20)33(39)36(32(25)38)24-12-10-22(11-13-24)30-18-28(26-16-21(2)9-15-29(26)35-30)34(40)41-19-31(37)23-6-4-3-5-7-23/h3-7,9-13,15-16,18,20,25,27H,8,14,17,19H2,1-2H3/t20-,25+,27+/m0/s1. The number of amides is 2. The van der Waals surface area contributed by atoms with Crippen LogP contribution in [-0.2, 0) is 14.3 Å². The zero-order valence-electron chi connectivity index (χ0n) is 23.0. The number of carbonyl (C=O) groups is 4. The first kappa shape index (κ1) is 26.6. The topological polar surface area (TPSA) is 93.6 Å². The van der Waals surface area contributed by atoms with Gasteiger partial charge in [-0.15, -0.1) is 0 Å². The quantitative estimate of drug-likeness (QED) is 0.163. The number of carbonyl (C=O) groups excluding carboxylic acids is 4. The van der Waals surface area contributed by atoms with E-state index in [0.29, 0.717) is 39.3 Å². The van der Waals surface area contributed by atoms with Gasteiger partial charge < -0.3 is 4.74 Å². The van der Waals surface area contributed by atoms with E-state index in [1.54, 1.807) is 54.6 Å². The first-order valence-corrected chi connectivity index (χ1v) is 13.9. The van der Waals surface area contributed by atoms with E-state index < -0.39 is 5.97 Å². The summed E-state index contributed by atoms with van der Waals surface area (Å²) in [4.78, 5) is 58.2. The molecule has 1 aliphatic heterocycles. The van der Waals surface area contributed by atoms with Gasteiger partial charge in [-0.1, -0.05) is 61.0 Å². The lowest BCUT2D eigenvalue weighted by Gasteiger charge is -2.25. The number of pyridine rings is 1. The number of fused-ring (bicyclic) bond motifs is 2. The van der Waals surface area contributed by atoms with E-state index in [1.807, 2.05) is 31.2 Å². The third-order valence-electron chi connectivity index (χ3n) is 8.22. The molecule has 2 aliphatic rings. The van der Waals surface area contributed by atoms with Gasteiger partial charge in [0.05, 0.1) is 34.3 Å². The second-order valence-electron chi connectivity index (χ2n) is 11.1. The van der Waals surface area contributed by atoms with E-state index in [9.17, 15) is 19.2 Å². The summed E-state index contributed by atoms with van der Waals surface area (Å²) in [7, 11) is 0. The number of esters is 1. The average Bonchev–Trinajstić information content (AvgIpc) is 3.24. The smallest absolute Gasteiger partial charge is 0.339 e. The van der Waals surface area contributed by atoms with E-state index in [4.69, 9.17) is 9.72 Å². The number of ketones is 1. The highest BCUT2D eigenvalue weighted by atomic mass is 16.5. The average molecular weight is 547 g/mol. The molecule has 1 saturated heterocycles. The first-order chi connectivity index (χ1) is 19.8. The second-order valence-corrected chi connectivity index (χ2v) is 11.1. The van der Waals surface area contributed by atoms with Gasteiger partial charge in [0, 0.05) is 16.5 Å². The number of aryl methyl sites for hydroxylation is 1. The summed E-state index contributed by atoms with van der Waals surface area (Å²) in [5.74, 6) is -1.16. The first-order valence-electron chi connectivity index (χ1n) is 13.9. The highest BCUT2D eigenvalue weighted by Crippen LogP contribution is 2.42. The van der Waals surface area contributed by atoms with E-state index in [2.05, 4.69) is 6.92 Å². The summed E-state index contributed by atoms with van der Waals surface area (Å²) < 4.78 is 5.45. The Hall–Kier alpha value is -4.65. The fraction of sp³-hybridized carbons (Fsp3) is 0.265. The molecule has 3 aromatic carbocycles. The van der Waals surface area contributed by atoms with Crippen molar-refractivity contribution < 1.29 is 23.9 Å². The van der Waals surface area contributed by atoms with Gasteiger partial charge in [-0.05, 0) is 62.4 Å². The molecule has 0 radical (unpaired) electrons. The molecule has 0 N–H and O–H groups in total. The van der Waals surface area contributed by atoms with Crippen molar-refractivity contribution in [1.82, 2.24) is 4.98 Å². The van der Waals surface area contributed by atoms with Gasteiger partial charge in [-0.3, -0.25) is 19.3 Å². The Morgan fingerprint density at radius 3 is 2.39 bits per heavy atom. The van der Waals surface area contributed by atoms with Gasteiger partial charge >= 0.3 is 5.97 Å². The molecular formula is C34H30N2O5. The summed E-state index contributed by atoms with van der Waals surface area (Å²) in [5.41, 5.74) is 4.15. The molecule has 1 aliphatic carbocycles.